The average molecular weight is 339 g/mol. The third kappa shape index (κ3) is 5.15. The fourth-order valence-electron chi connectivity index (χ4n) is 2.37. The second-order valence-corrected chi connectivity index (χ2v) is 5.46. The Labute approximate surface area is 145 Å². The van der Waals surface area contributed by atoms with Gasteiger partial charge in [0.25, 0.3) is 0 Å². The van der Waals surface area contributed by atoms with Crippen molar-refractivity contribution in [3.05, 3.63) is 65.5 Å². The maximum absolute atomic E-state index is 13.5. The van der Waals surface area contributed by atoms with Crippen LogP contribution in [0.1, 0.15) is 18.1 Å². The minimum atomic E-state index is -0.353. The molecule has 0 fully saturated rings. The summed E-state index contributed by atoms with van der Waals surface area (Å²) in [5.74, 6) is -0.969. The lowest BCUT2D eigenvalue weighted by molar-refractivity contribution is -0.123. The molecule has 0 aromatic heterocycles. The minimum Gasteiger partial charge on any atom is -0.354 e. The molecule has 0 aliphatic rings. The summed E-state index contributed by atoms with van der Waals surface area (Å²) in [5, 5.41) is 11.6. The van der Waals surface area contributed by atoms with Gasteiger partial charge >= 0.3 is 0 Å². The number of rotatable bonds is 6. The summed E-state index contributed by atoms with van der Waals surface area (Å²) in [6.45, 7) is 1.46. The van der Waals surface area contributed by atoms with Gasteiger partial charge in [0.15, 0.2) is 0 Å². The second kappa shape index (κ2) is 8.60. The normalized spacial score (nSPS) is 9.96. The molecule has 128 valence electrons. The van der Waals surface area contributed by atoms with Crippen molar-refractivity contribution in [2.24, 2.45) is 0 Å². The molecule has 0 radical (unpaired) electrons. The highest BCUT2D eigenvalue weighted by Crippen LogP contribution is 2.16. The van der Waals surface area contributed by atoms with Crippen molar-refractivity contribution in [3.63, 3.8) is 0 Å². The first-order valence-electron chi connectivity index (χ1n) is 7.79. The number of hydrogen-bond donors (Lipinski definition) is 1. The molecule has 0 heterocycles. The number of anilines is 1. The lowest BCUT2D eigenvalue weighted by atomic mass is 10.1. The Balaban J connectivity index is 1.95. The topological polar surface area (TPSA) is 73.2 Å². The Morgan fingerprint density at radius 1 is 1.20 bits per heavy atom. The van der Waals surface area contributed by atoms with Crippen LogP contribution < -0.4 is 10.2 Å². The molecule has 2 aromatic rings. The van der Waals surface area contributed by atoms with Gasteiger partial charge in [0.2, 0.25) is 11.8 Å². The molecule has 25 heavy (non-hydrogen) atoms. The zero-order valence-electron chi connectivity index (χ0n) is 13.8. The van der Waals surface area contributed by atoms with Gasteiger partial charge in [-0.05, 0) is 36.2 Å². The van der Waals surface area contributed by atoms with Crippen molar-refractivity contribution in [2.45, 2.75) is 13.3 Å². The van der Waals surface area contributed by atoms with Crippen molar-refractivity contribution in [3.8, 4) is 6.07 Å². The Kier molecular flexibility index (Phi) is 6.24. The van der Waals surface area contributed by atoms with E-state index >= 15 is 0 Å². The summed E-state index contributed by atoms with van der Waals surface area (Å²) < 4.78 is 13.5. The van der Waals surface area contributed by atoms with Crippen molar-refractivity contribution in [1.82, 2.24) is 5.32 Å². The molecule has 0 aliphatic carbocycles. The number of hydrogen-bond acceptors (Lipinski definition) is 3. The fourth-order valence-corrected chi connectivity index (χ4v) is 2.37. The third-order valence-electron chi connectivity index (χ3n) is 3.64. The highest BCUT2D eigenvalue weighted by Gasteiger charge is 2.16. The first-order valence-corrected chi connectivity index (χ1v) is 7.79. The first kappa shape index (κ1) is 18.1. The summed E-state index contributed by atoms with van der Waals surface area (Å²) in [4.78, 5) is 25.2. The molecule has 0 bridgehead atoms. The van der Waals surface area contributed by atoms with E-state index in [1.807, 2.05) is 6.07 Å². The van der Waals surface area contributed by atoms with E-state index in [1.165, 1.54) is 17.9 Å². The average Bonchev–Trinajstić information content (AvgIpc) is 2.61. The van der Waals surface area contributed by atoms with Crippen LogP contribution in [-0.4, -0.2) is 24.9 Å². The van der Waals surface area contributed by atoms with Crippen LogP contribution in [0.5, 0.6) is 0 Å². The summed E-state index contributed by atoms with van der Waals surface area (Å²) in [6.07, 6.45) is 0.363. The van der Waals surface area contributed by atoms with E-state index in [9.17, 15) is 14.0 Å². The van der Waals surface area contributed by atoms with Crippen LogP contribution in [0.3, 0.4) is 0 Å². The number of nitrogens with zero attached hydrogens (tertiary/aromatic N) is 2. The summed E-state index contributed by atoms with van der Waals surface area (Å²) in [5.41, 5.74) is 1.41. The van der Waals surface area contributed by atoms with Gasteiger partial charge in [-0.3, -0.25) is 9.59 Å². The zero-order chi connectivity index (χ0) is 18.2. The van der Waals surface area contributed by atoms with E-state index < -0.39 is 0 Å². The van der Waals surface area contributed by atoms with Crippen molar-refractivity contribution in [1.29, 1.82) is 5.26 Å². The number of amides is 2. The van der Waals surface area contributed by atoms with Gasteiger partial charge < -0.3 is 10.2 Å². The molecule has 2 aromatic carbocycles. The molecule has 0 saturated heterocycles. The Hall–Kier alpha value is -3.20. The van der Waals surface area contributed by atoms with Gasteiger partial charge in [-0.25, -0.2) is 4.39 Å². The molecule has 0 unspecified atom stereocenters. The molecule has 0 atom stereocenters. The van der Waals surface area contributed by atoms with Crippen LogP contribution in [0, 0.1) is 17.1 Å². The van der Waals surface area contributed by atoms with Crippen LogP contribution in [0.25, 0.3) is 0 Å². The monoisotopic (exact) mass is 339 g/mol. The molecule has 5 nitrogen and oxygen atoms in total. The summed E-state index contributed by atoms with van der Waals surface area (Å²) in [7, 11) is 0. The lowest BCUT2D eigenvalue weighted by Gasteiger charge is -2.21. The Morgan fingerprint density at radius 2 is 1.96 bits per heavy atom. The second-order valence-electron chi connectivity index (χ2n) is 5.46. The molecule has 0 saturated carbocycles. The van der Waals surface area contributed by atoms with Gasteiger partial charge in [-0.2, -0.15) is 5.26 Å². The maximum Gasteiger partial charge on any atom is 0.240 e. The van der Waals surface area contributed by atoms with Crippen molar-refractivity contribution >= 4 is 17.5 Å². The molecular weight excluding hydrogens is 321 g/mol. The van der Waals surface area contributed by atoms with Crippen LogP contribution >= 0.6 is 0 Å². The highest BCUT2D eigenvalue weighted by molar-refractivity contribution is 5.97. The predicted molar refractivity (Wildman–Crippen MR) is 92.3 cm³/mol. The van der Waals surface area contributed by atoms with Crippen molar-refractivity contribution in [2.75, 3.05) is 18.0 Å². The number of nitriles is 1. The van der Waals surface area contributed by atoms with Crippen molar-refractivity contribution < 1.29 is 14.0 Å². The van der Waals surface area contributed by atoms with Gasteiger partial charge in [-0.15, -0.1) is 0 Å². The van der Waals surface area contributed by atoms with E-state index in [4.69, 9.17) is 5.26 Å². The van der Waals surface area contributed by atoms with Crippen LogP contribution in [0.15, 0.2) is 48.5 Å². The molecule has 2 rings (SSSR count). The molecule has 0 spiro atoms. The van der Waals surface area contributed by atoms with E-state index in [0.717, 1.165) is 0 Å². The summed E-state index contributed by atoms with van der Waals surface area (Å²) >= 11 is 0. The van der Waals surface area contributed by atoms with Gasteiger partial charge in [0, 0.05) is 19.2 Å². The highest BCUT2D eigenvalue weighted by atomic mass is 19.1. The summed E-state index contributed by atoms with van der Waals surface area (Å²) in [6, 6.07) is 14.9. The molecule has 2 amide bonds. The molecule has 0 aliphatic heterocycles. The fraction of sp³-hybridized carbons (Fsp3) is 0.211. The zero-order valence-corrected chi connectivity index (χ0v) is 13.8. The number of halogens is 1. The smallest absolute Gasteiger partial charge is 0.240 e. The molecule has 6 heteroatoms. The van der Waals surface area contributed by atoms with Gasteiger partial charge in [-0.1, -0.05) is 24.3 Å². The first-order chi connectivity index (χ1) is 12.0. The van der Waals surface area contributed by atoms with E-state index in [0.29, 0.717) is 23.2 Å². The minimum absolute atomic E-state index is 0.165. The number of carbonyl (C=O) groups excluding carboxylic acids is 2. The van der Waals surface area contributed by atoms with E-state index in [1.54, 1.807) is 42.5 Å². The Bertz CT molecular complexity index is 814. The Morgan fingerprint density at radius 3 is 2.64 bits per heavy atom. The molecule has 1 N–H and O–H groups in total. The number of nitrogens with one attached hydrogen (secondary N) is 1. The number of benzene rings is 2. The third-order valence-corrected chi connectivity index (χ3v) is 3.64. The maximum atomic E-state index is 13.5. The predicted octanol–water partition coefficient (Wildman–Crippen LogP) is 2.41. The van der Waals surface area contributed by atoms with Crippen LogP contribution in [0.2, 0.25) is 0 Å². The van der Waals surface area contributed by atoms with Gasteiger partial charge in [0.05, 0.1) is 11.6 Å². The van der Waals surface area contributed by atoms with Crippen LogP contribution in [-0.2, 0) is 16.0 Å². The van der Waals surface area contributed by atoms with Gasteiger partial charge in [0.1, 0.15) is 12.4 Å². The number of carbonyl (C=O) groups is 2. The largest absolute Gasteiger partial charge is 0.354 e. The van der Waals surface area contributed by atoms with E-state index in [-0.39, 0.29) is 30.7 Å². The van der Waals surface area contributed by atoms with Crippen LogP contribution in [0.4, 0.5) is 10.1 Å². The standard InChI is InChI=1S/C19H18FN3O2/c1-14(24)23(17-7-4-5-15(11-17)12-21)13-19(25)22-10-9-16-6-2-3-8-18(16)20/h2-8,11H,9-10,13H2,1H3,(H,22,25). The quantitative estimate of drug-likeness (QED) is 0.878. The SMILES string of the molecule is CC(=O)N(CC(=O)NCCc1ccccc1F)c1cccc(C#N)c1. The molecular formula is C19H18FN3O2. The van der Waals surface area contributed by atoms with E-state index in [2.05, 4.69) is 5.32 Å². The lowest BCUT2D eigenvalue weighted by Crippen LogP contribution is -2.40.